The zero-order valence-corrected chi connectivity index (χ0v) is 14.3. The average Bonchev–Trinajstić information content (AvgIpc) is 2.36. The molecule has 2 rings (SSSR count). The predicted octanol–water partition coefficient (Wildman–Crippen LogP) is 0.300. The van der Waals surface area contributed by atoms with Crippen LogP contribution < -0.4 is 10.6 Å². The third-order valence-electron chi connectivity index (χ3n) is 3.70. The summed E-state index contributed by atoms with van der Waals surface area (Å²) < 4.78 is 5.37. The minimum absolute atomic E-state index is 0.0469. The van der Waals surface area contributed by atoms with Crippen LogP contribution in [0.4, 0.5) is 4.79 Å². The van der Waals surface area contributed by atoms with Gasteiger partial charge < -0.3 is 20.3 Å². The molecule has 2 aliphatic rings. The minimum Gasteiger partial charge on any atom is -0.444 e. The van der Waals surface area contributed by atoms with Gasteiger partial charge in [0.15, 0.2) is 5.11 Å². The summed E-state index contributed by atoms with van der Waals surface area (Å²) in [6.07, 6.45) is -0.299. The maximum atomic E-state index is 12.1. The highest BCUT2D eigenvalue weighted by molar-refractivity contribution is 7.80. The Bertz CT molecular complexity index is 469. The Balaban J connectivity index is 1.90. The molecule has 22 heavy (non-hydrogen) atoms. The van der Waals surface area contributed by atoms with E-state index in [1.807, 2.05) is 27.7 Å². The molecule has 124 valence electrons. The van der Waals surface area contributed by atoms with Gasteiger partial charge in [0.05, 0.1) is 6.04 Å². The van der Waals surface area contributed by atoms with E-state index in [9.17, 15) is 9.59 Å². The van der Waals surface area contributed by atoms with Gasteiger partial charge in [-0.3, -0.25) is 9.69 Å². The predicted molar refractivity (Wildman–Crippen MR) is 86.5 cm³/mol. The van der Waals surface area contributed by atoms with Gasteiger partial charge in [-0.2, -0.15) is 0 Å². The van der Waals surface area contributed by atoms with Gasteiger partial charge in [-0.25, -0.2) is 4.79 Å². The van der Waals surface area contributed by atoms with E-state index in [2.05, 4.69) is 15.5 Å². The maximum absolute atomic E-state index is 12.1. The Morgan fingerprint density at radius 3 is 2.36 bits per heavy atom. The summed E-state index contributed by atoms with van der Waals surface area (Å²) >= 11 is 4.99. The molecule has 0 radical (unpaired) electrons. The van der Waals surface area contributed by atoms with Gasteiger partial charge in [0.25, 0.3) is 0 Å². The average molecular weight is 328 g/mol. The summed E-state index contributed by atoms with van der Waals surface area (Å²) in [5.74, 6) is -0.0815. The van der Waals surface area contributed by atoms with E-state index in [1.54, 1.807) is 4.90 Å². The third-order valence-corrected chi connectivity index (χ3v) is 3.92. The van der Waals surface area contributed by atoms with Crippen LogP contribution in [0.5, 0.6) is 0 Å². The third kappa shape index (κ3) is 4.07. The fourth-order valence-corrected chi connectivity index (χ4v) is 3.01. The van der Waals surface area contributed by atoms with Crippen LogP contribution in [0.25, 0.3) is 0 Å². The summed E-state index contributed by atoms with van der Waals surface area (Å²) in [7, 11) is 0. The number of hydrogen-bond acceptors (Lipinski definition) is 5. The number of piperazine rings is 1. The fraction of sp³-hybridized carbons (Fsp3) is 0.786. The largest absolute Gasteiger partial charge is 0.444 e. The number of amides is 2. The molecule has 0 aromatic rings. The molecule has 0 aromatic heterocycles. The molecule has 8 heteroatoms. The van der Waals surface area contributed by atoms with Gasteiger partial charge in [0, 0.05) is 26.2 Å². The highest BCUT2D eigenvalue weighted by Gasteiger charge is 2.38. The van der Waals surface area contributed by atoms with E-state index >= 15 is 0 Å². The van der Waals surface area contributed by atoms with E-state index in [-0.39, 0.29) is 24.1 Å². The second-order valence-electron chi connectivity index (χ2n) is 6.70. The lowest BCUT2D eigenvalue weighted by molar-refractivity contribution is -0.127. The van der Waals surface area contributed by atoms with E-state index in [0.29, 0.717) is 31.3 Å². The summed E-state index contributed by atoms with van der Waals surface area (Å²) in [5.41, 5.74) is -0.494. The molecule has 2 fully saturated rings. The van der Waals surface area contributed by atoms with Crippen LogP contribution in [0.15, 0.2) is 0 Å². The van der Waals surface area contributed by atoms with Crippen LogP contribution in [0.2, 0.25) is 0 Å². The van der Waals surface area contributed by atoms with Crippen molar-refractivity contribution < 1.29 is 14.3 Å². The van der Waals surface area contributed by atoms with Crippen LogP contribution in [0.3, 0.4) is 0 Å². The van der Waals surface area contributed by atoms with E-state index < -0.39 is 5.60 Å². The zero-order chi connectivity index (χ0) is 16.5. The molecule has 0 aromatic carbocycles. The molecular weight excluding hydrogens is 304 g/mol. The molecule has 2 N–H and O–H groups in total. The number of ether oxygens (including phenoxy) is 1. The number of rotatable bonds is 1. The smallest absolute Gasteiger partial charge is 0.410 e. The molecule has 2 unspecified atom stereocenters. The van der Waals surface area contributed by atoms with Gasteiger partial charge >= 0.3 is 6.09 Å². The molecule has 2 saturated heterocycles. The SMILES string of the molecule is CC1NC(=S)NC(=O)C1N1CCN(C(=O)OC(C)(C)C)CC1. The van der Waals surface area contributed by atoms with E-state index in [1.165, 1.54) is 0 Å². The lowest BCUT2D eigenvalue weighted by Crippen LogP contribution is -2.67. The van der Waals surface area contributed by atoms with Crippen LogP contribution >= 0.6 is 12.2 Å². The first-order valence-corrected chi connectivity index (χ1v) is 7.91. The second kappa shape index (κ2) is 6.37. The number of nitrogens with one attached hydrogen (secondary N) is 2. The van der Waals surface area contributed by atoms with Crippen molar-refractivity contribution in [3.63, 3.8) is 0 Å². The molecular formula is C14H24N4O3S. The standard InChI is InChI=1S/C14H24N4O3S/c1-9-10(11(19)16-12(22)15-9)17-5-7-18(8-6-17)13(20)21-14(2,3)4/h9-10H,5-8H2,1-4H3,(H2,15,16,19,22). The lowest BCUT2D eigenvalue weighted by atomic mass is 10.0. The Labute approximate surface area is 136 Å². The van der Waals surface area contributed by atoms with Crippen LogP contribution in [-0.4, -0.2) is 70.8 Å². The highest BCUT2D eigenvalue weighted by atomic mass is 32.1. The van der Waals surface area contributed by atoms with Gasteiger partial charge in [-0.15, -0.1) is 0 Å². The second-order valence-corrected chi connectivity index (χ2v) is 7.11. The first-order valence-electron chi connectivity index (χ1n) is 7.51. The quantitative estimate of drug-likeness (QED) is 0.675. The fourth-order valence-electron chi connectivity index (χ4n) is 2.73. The molecule has 7 nitrogen and oxygen atoms in total. The molecule has 0 aliphatic carbocycles. The van der Waals surface area contributed by atoms with Gasteiger partial charge in [0.2, 0.25) is 5.91 Å². The Morgan fingerprint density at radius 1 is 1.27 bits per heavy atom. The summed E-state index contributed by atoms with van der Waals surface area (Å²) in [5, 5.41) is 6.11. The van der Waals surface area contributed by atoms with Crippen molar-refractivity contribution in [2.24, 2.45) is 0 Å². The molecule has 2 atom stereocenters. The molecule has 0 spiro atoms. The van der Waals surface area contributed by atoms with Gasteiger partial charge in [0.1, 0.15) is 11.6 Å². The highest BCUT2D eigenvalue weighted by Crippen LogP contribution is 2.15. The van der Waals surface area contributed by atoms with Crippen molar-refractivity contribution in [3.8, 4) is 0 Å². The number of carbonyl (C=O) groups excluding carboxylic acids is 2. The van der Waals surface area contributed by atoms with Crippen molar-refractivity contribution in [2.75, 3.05) is 26.2 Å². The normalized spacial score (nSPS) is 27.2. The zero-order valence-electron chi connectivity index (χ0n) is 13.5. The topological polar surface area (TPSA) is 73.9 Å². The van der Waals surface area contributed by atoms with Crippen molar-refractivity contribution in [1.29, 1.82) is 0 Å². The maximum Gasteiger partial charge on any atom is 0.410 e. The first-order chi connectivity index (χ1) is 10.2. The molecule has 2 amide bonds. The summed E-state index contributed by atoms with van der Waals surface area (Å²) in [6.45, 7) is 9.87. The van der Waals surface area contributed by atoms with E-state index in [0.717, 1.165) is 0 Å². The summed E-state index contributed by atoms with van der Waals surface area (Å²) in [6, 6.07) is -0.318. The van der Waals surface area contributed by atoms with Crippen LogP contribution in [0, 0.1) is 0 Å². The van der Waals surface area contributed by atoms with Crippen molar-refractivity contribution >= 4 is 29.3 Å². The number of hydrogen-bond donors (Lipinski definition) is 2. The molecule has 2 aliphatic heterocycles. The van der Waals surface area contributed by atoms with E-state index in [4.69, 9.17) is 17.0 Å². The van der Waals surface area contributed by atoms with Gasteiger partial charge in [-0.1, -0.05) is 0 Å². The van der Waals surface area contributed by atoms with Crippen molar-refractivity contribution in [2.45, 2.75) is 45.4 Å². The lowest BCUT2D eigenvalue weighted by Gasteiger charge is -2.42. The Kier molecular flexibility index (Phi) is 4.91. The Morgan fingerprint density at radius 2 is 1.86 bits per heavy atom. The van der Waals surface area contributed by atoms with Crippen LogP contribution in [0.1, 0.15) is 27.7 Å². The minimum atomic E-state index is -0.494. The number of carbonyl (C=O) groups is 2. The van der Waals surface area contributed by atoms with Crippen molar-refractivity contribution in [3.05, 3.63) is 0 Å². The number of nitrogens with zero attached hydrogens (tertiary/aromatic N) is 2. The first kappa shape index (κ1) is 17.0. The number of thiocarbonyl (C=S) groups is 1. The van der Waals surface area contributed by atoms with Crippen molar-refractivity contribution in [1.82, 2.24) is 20.4 Å². The monoisotopic (exact) mass is 328 g/mol. The molecule has 2 heterocycles. The summed E-state index contributed by atoms with van der Waals surface area (Å²) in [4.78, 5) is 27.9. The van der Waals surface area contributed by atoms with Gasteiger partial charge in [-0.05, 0) is 39.9 Å². The molecule has 0 saturated carbocycles. The molecule has 0 bridgehead atoms. The Hall–Kier alpha value is -1.41. The van der Waals surface area contributed by atoms with Crippen LogP contribution in [-0.2, 0) is 9.53 Å².